The van der Waals surface area contributed by atoms with E-state index in [4.69, 9.17) is 10.5 Å². The zero-order chi connectivity index (χ0) is 14.0. The van der Waals surface area contributed by atoms with Crippen LogP contribution in [0.15, 0.2) is 45.3 Å². The van der Waals surface area contributed by atoms with Crippen LogP contribution < -0.4 is 10.5 Å². The van der Waals surface area contributed by atoms with E-state index in [0.717, 1.165) is 31.6 Å². The minimum Gasteiger partial charge on any atom is -0.457 e. The predicted octanol–water partition coefficient (Wildman–Crippen LogP) is 5.33. The minimum atomic E-state index is -0.0803. The summed E-state index contributed by atoms with van der Waals surface area (Å²) in [5.41, 5.74) is 8.05. The Morgan fingerprint density at radius 1 is 1.00 bits per heavy atom. The van der Waals surface area contributed by atoms with E-state index in [-0.39, 0.29) is 6.04 Å². The van der Waals surface area contributed by atoms with E-state index < -0.39 is 0 Å². The number of hydrogen-bond donors (Lipinski definition) is 1. The Hall–Kier alpha value is -0.840. The van der Waals surface area contributed by atoms with Gasteiger partial charge in [0.25, 0.3) is 0 Å². The summed E-state index contributed by atoms with van der Waals surface area (Å²) in [6.07, 6.45) is 0. The molecular formula is C15H15Br2NO. The largest absolute Gasteiger partial charge is 0.457 e. The number of aryl methyl sites for hydroxylation is 1. The lowest BCUT2D eigenvalue weighted by Gasteiger charge is -2.15. The van der Waals surface area contributed by atoms with E-state index in [0.29, 0.717) is 0 Å². The van der Waals surface area contributed by atoms with Gasteiger partial charge >= 0.3 is 0 Å². The summed E-state index contributed by atoms with van der Waals surface area (Å²) >= 11 is 6.90. The minimum absolute atomic E-state index is 0.0803. The molecule has 100 valence electrons. The third-order valence-electron chi connectivity index (χ3n) is 2.82. The van der Waals surface area contributed by atoms with Gasteiger partial charge in [0.2, 0.25) is 0 Å². The van der Waals surface area contributed by atoms with Crippen LogP contribution in [0, 0.1) is 6.92 Å². The van der Waals surface area contributed by atoms with Gasteiger partial charge in [0, 0.05) is 20.6 Å². The fraction of sp³-hybridized carbons (Fsp3) is 0.200. The molecule has 1 unspecified atom stereocenters. The van der Waals surface area contributed by atoms with E-state index in [1.54, 1.807) is 0 Å². The highest BCUT2D eigenvalue weighted by Crippen LogP contribution is 2.33. The van der Waals surface area contributed by atoms with Crippen molar-refractivity contribution in [2.75, 3.05) is 0 Å². The van der Waals surface area contributed by atoms with Gasteiger partial charge in [-0.05, 0) is 55.8 Å². The van der Waals surface area contributed by atoms with Crippen LogP contribution >= 0.6 is 31.9 Å². The standard InChI is InChI=1S/C15H15Br2NO/c1-9-7-11(16)3-5-14(9)19-15-6-4-12(17)8-13(15)10(2)18/h3-8,10H,18H2,1-2H3. The molecule has 0 radical (unpaired) electrons. The van der Waals surface area contributed by atoms with Crippen LogP contribution in [0.5, 0.6) is 11.5 Å². The van der Waals surface area contributed by atoms with Crippen molar-refractivity contribution in [1.29, 1.82) is 0 Å². The number of hydrogen-bond acceptors (Lipinski definition) is 2. The molecule has 0 spiro atoms. The van der Waals surface area contributed by atoms with Gasteiger partial charge < -0.3 is 10.5 Å². The molecule has 1 atom stereocenters. The second-order valence-electron chi connectivity index (χ2n) is 4.48. The molecule has 0 fully saturated rings. The van der Waals surface area contributed by atoms with Crippen molar-refractivity contribution < 1.29 is 4.74 Å². The van der Waals surface area contributed by atoms with Gasteiger partial charge in [0.1, 0.15) is 11.5 Å². The number of nitrogens with two attached hydrogens (primary N) is 1. The van der Waals surface area contributed by atoms with Crippen molar-refractivity contribution in [3.63, 3.8) is 0 Å². The van der Waals surface area contributed by atoms with Crippen molar-refractivity contribution in [3.05, 3.63) is 56.5 Å². The fourth-order valence-electron chi connectivity index (χ4n) is 1.81. The zero-order valence-electron chi connectivity index (χ0n) is 10.8. The maximum Gasteiger partial charge on any atom is 0.132 e. The normalized spacial score (nSPS) is 12.3. The fourth-order valence-corrected chi connectivity index (χ4v) is 2.67. The van der Waals surface area contributed by atoms with Gasteiger partial charge in [-0.1, -0.05) is 31.9 Å². The Morgan fingerprint density at radius 3 is 2.16 bits per heavy atom. The van der Waals surface area contributed by atoms with Crippen LogP contribution in [0.1, 0.15) is 24.1 Å². The summed E-state index contributed by atoms with van der Waals surface area (Å²) in [5, 5.41) is 0. The Bertz CT molecular complexity index is 597. The highest BCUT2D eigenvalue weighted by Gasteiger charge is 2.11. The zero-order valence-corrected chi connectivity index (χ0v) is 14.0. The van der Waals surface area contributed by atoms with Crippen molar-refractivity contribution in [2.24, 2.45) is 5.73 Å². The number of halogens is 2. The lowest BCUT2D eigenvalue weighted by molar-refractivity contribution is 0.468. The van der Waals surface area contributed by atoms with E-state index in [1.807, 2.05) is 50.2 Å². The smallest absolute Gasteiger partial charge is 0.132 e. The first-order chi connectivity index (χ1) is 8.97. The summed E-state index contributed by atoms with van der Waals surface area (Å²) < 4.78 is 8.03. The summed E-state index contributed by atoms with van der Waals surface area (Å²) in [4.78, 5) is 0. The van der Waals surface area contributed by atoms with Gasteiger partial charge in [0.15, 0.2) is 0 Å². The summed E-state index contributed by atoms with van der Waals surface area (Å²) in [7, 11) is 0. The van der Waals surface area contributed by atoms with Gasteiger partial charge in [-0.15, -0.1) is 0 Å². The molecule has 2 aromatic carbocycles. The van der Waals surface area contributed by atoms with Crippen LogP contribution in [-0.2, 0) is 0 Å². The molecule has 0 aliphatic rings. The molecule has 4 heteroatoms. The highest BCUT2D eigenvalue weighted by atomic mass is 79.9. The predicted molar refractivity (Wildman–Crippen MR) is 85.7 cm³/mol. The molecular weight excluding hydrogens is 370 g/mol. The van der Waals surface area contributed by atoms with Gasteiger partial charge in [-0.3, -0.25) is 0 Å². The highest BCUT2D eigenvalue weighted by molar-refractivity contribution is 9.10. The molecule has 2 rings (SSSR count). The first-order valence-electron chi connectivity index (χ1n) is 5.96. The molecule has 0 heterocycles. The monoisotopic (exact) mass is 383 g/mol. The van der Waals surface area contributed by atoms with E-state index in [9.17, 15) is 0 Å². The maximum atomic E-state index is 5.99. The first kappa shape index (κ1) is 14.6. The number of ether oxygens (including phenoxy) is 1. The molecule has 0 aliphatic heterocycles. The van der Waals surface area contributed by atoms with Gasteiger partial charge in [-0.25, -0.2) is 0 Å². The molecule has 0 saturated heterocycles. The summed E-state index contributed by atoms with van der Waals surface area (Å²) in [6.45, 7) is 3.97. The van der Waals surface area contributed by atoms with Crippen LogP contribution in [0.25, 0.3) is 0 Å². The Labute approximate surface area is 130 Å². The second-order valence-corrected chi connectivity index (χ2v) is 6.31. The molecule has 0 aromatic heterocycles. The van der Waals surface area contributed by atoms with Gasteiger partial charge in [0.05, 0.1) is 0 Å². The lowest BCUT2D eigenvalue weighted by atomic mass is 10.1. The first-order valence-corrected chi connectivity index (χ1v) is 7.55. The average Bonchev–Trinajstić information content (AvgIpc) is 2.34. The van der Waals surface area contributed by atoms with Crippen LogP contribution in [0.2, 0.25) is 0 Å². The molecule has 0 saturated carbocycles. The maximum absolute atomic E-state index is 5.99. The van der Waals surface area contributed by atoms with Crippen molar-refractivity contribution in [3.8, 4) is 11.5 Å². The SMILES string of the molecule is Cc1cc(Br)ccc1Oc1ccc(Br)cc1C(C)N. The molecule has 2 aromatic rings. The third kappa shape index (κ3) is 3.59. The Kier molecular flexibility index (Phi) is 4.66. The second kappa shape index (κ2) is 6.07. The van der Waals surface area contributed by atoms with Crippen molar-refractivity contribution in [2.45, 2.75) is 19.9 Å². The number of rotatable bonds is 3. The quantitative estimate of drug-likeness (QED) is 0.775. The van der Waals surface area contributed by atoms with Crippen LogP contribution in [0.4, 0.5) is 0 Å². The topological polar surface area (TPSA) is 35.2 Å². The van der Waals surface area contributed by atoms with Crippen LogP contribution in [0.3, 0.4) is 0 Å². The molecule has 0 bridgehead atoms. The molecule has 0 aliphatic carbocycles. The van der Waals surface area contributed by atoms with Crippen molar-refractivity contribution in [1.82, 2.24) is 0 Å². The molecule has 19 heavy (non-hydrogen) atoms. The molecule has 0 amide bonds. The Morgan fingerprint density at radius 2 is 1.58 bits per heavy atom. The van der Waals surface area contributed by atoms with E-state index in [2.05, 4.69) is 31.9 Å². The van der Waals surface area contributed by atoms with Crippen LogP contribution in [-0.4, -0.2) is 0 Å². The summed E-state index contributed by atoms with van der Waals surface area (Å²) in [5.74, 6) is 1.64. The van der Waals surface area contributed by atoms with E-state index >= 15 is 0 Å². The van der Waals surface area contributed by atoms with Crippen molar-refractivity contribution >= 4 is 31.9 Å². The number of benzene rings is 2. The lowest BCUT2D eigenvalue weighted by Crippen LogP contribution is -2.06. The Balaban J connectivity index is 2.38. The summed E-state index contributed by atoms with van der Waals surface area (Å²) in [6, 6.07) is 11.7. The molecule has 2 nitrogen and oxygen atoms in total. The average molecular weight is 385 g/mol. The molecule has 2 N–H and O–H groups in total. The van der Waals surface area contributed by atoms with Gasteiger partial charge in [-0.2, -0.15) is 0 Å². The van der Waals surface area contributed by atoms with E-state index in [1.165, 1.54) is 0 Å². The third-order valence-corrected chi connectivity index (χ3v) is 3.81.